The Morgan fingerprint density at radius 3 is 2.75 bits per heavy atom. The Kier molecular flexibility index (Phi) is 4.04. The molecule has 6 heteroatoms. The van der Waals surface area contributed by atoms with E-state index in [1.165, 1.54) is 19.3 Å². The summed E-state index contributed by atoms with van der Waals surface area (Å²) in [6.07, 6.45) is 5.25. The van der Waals surface area contributed by atoms with E-state index in [2.05, 4.69) is 5.32 Å². The molecule has 4 rings (SSSR count). The Bertz CT molecular complexity index is 656. The number of benzene rings is 1. The summed E-state index contributed by atoms with van der Waals surface area (Å²) in [5.74, 6) is 1.73. The third-order valence-electron chi connectivity index (χ3n) is 5.23. The second kappa shape index (κ2) is 6.34. The highest BCUT2D eigenvalue weighted by molar-refractivity contribution is 5.98. The number of carbonyl (C=O) groups excluding carboxylic acids is 2. The highest BCUT2D eigenvalue weighted by Crippen LogP contribution is 2.33. The molecule has 0 aromatic heterocycles. The molecule has 1 saturated heterocycles. The quantitative estimate of drug-likeness (QED) is 0.916. The van der Waals surface area contributed by atoms with Crippen LogP contribution >= 0.6 is 0 Å². The molecule has 1 aromatic rings. The van der Waals surface area contributed by atoms with Gasteiger partial charge in [-0.05, 0) is 49.8 Å². The van der Waals surface area contributed by atoms with Crippen LogP contribution in [-0.4, -0.2) is 42.6 Å². The number of hydrogen-bond donors (Lipinski definition) is 1. The van der Waals surface area contributed by atoms with Crippen LogP contribution in [0, 0.1) is 5.92 Å². The first-order chi connectivity index (χ1) is 11.7. The Balaban J connectivity index is 1.43. The fraction of sp³-hybridized carbons (Fsp3) is 0.556. The van der Waals surface area contributed by atoms with Gasteiger partial charge in [-0.1, -0.05) is 6.42 Å². The summed E-state index contributed by atoms with van der Waals surface area (Å²) in [6.45, 7) is 1.54. The van der Waals surface area contributed by atoms with Gasteiger partial charge < -0.3 is 19.7 Å². The Labute approximate surface area is 141 Å². The third kappa shape index (κ3) is 2.81. The van der Waals surface area contributed by atoms with E-state index in [1.807, 2.05) is 0 Å². The molecule has 0 bridgehead atoms. The van der Waals surface area contributed by atoms with Crippen molar-refractivity contribution in [2.75, 3.05) is 19.9 Å². The molecule has 3 aliphatic rings. The minimum Gasteiger partial charge on any atom is -0.454 e. The lowest BCUT2D eigenvalue weighted by molar-refractivity contribution is -0.125. The molecule has 0 spiro atoms. The third-order valence-corrected chi connectivity index (χ3v) is 5.23. The topological polar surface area (TPSA) is 67.9 Å². The van der Waals surface area contributed by atoms with Crippen LogP contribution < -0.4 is 14.8 Å². The van der Waals surface area contributed by atoms with Gasteiger partial charge in [0.15, 0.2) is 11.5 Å². The maximum atomic E-state index is 12.8. The van der Waals surface area contributed by atoms with Crippen LogP contribution in [0.15, 0.2) is 18.2 Å². The van der Waals surface area contributed by atoms with Crippen LogP contribution in [0.1, 0.15) is 42.5 Å². The molecule has 1 aliphatic carbocycles. The monoisotopic (exact) mass is 330 g/mol. The van der Waals surface area contributed by atoms with Crippen LogP contribution in [0.5, 0.6) is 11.5 Å². The van der Waals surface area contributed by atoms with E-state index in [-0.39, 0.29) is 24.6 Å². The van der Waals surface area contributed by atoms with Gasteiger partial charge in [0.25, 0.3) is 5.91 Å². The number of ether oxygens (including phenoxy) is 2. The molecule has 24 heavy (non-hydrogen) atoms. The average Bonchev–Trinajstić information content (AvgIpc) is 3.20. The van der Waals surface area contributed by atoms with Crippen molar-refractivity contribution in [1.29, 1.82) is 0 Å². The zero-order valence-electron chi connectivity index (χ0n) is 13.6. The zero-order chi connectivity index (χ0) is 16.5. The minimum absolute atomic E-state index is 0.0199. The van der Waals surface area contributed by atoms with Gasteiger partial charge in [-0.15, -0.1) is 0 Å². The molecule has 0 unspecified atom stereocenters. The Hall–Kier alpha value is -2.24. The van der Waals surface area contributed by atoms with E-state index < -0.39 is 0 Å². The predicted molar refractivity (Wildman–Crippen MR) is 87.0 cm³/mol. The van der Waals surface area contributed by atoms with Crippen molar-refractivity contribution in [3.05, 3.63) is 23.8 Å². The maximum Gasteiger partial charge on any atom is 0.254 e. The first-order valence-corrected chi connectivity index (χ1v) is 8.71. The van der Waals surface area contributed by atoms with Crippen molar-refractivity contribution in [3.63, 3.8) is 0 Å². The molecule has 2 heterocycles. The van der Waals surface area contributed by atoms with Crippen molar-refractivity contribution >= 4 is 11.8 Å². The summed E-state index contributed by atoms with van der Waals surface area (Å²) in [7, 11) is 0. The lowest BCUT2D eigenvalue weighted by Crippen LogP contribution is -2.47. The molecule has 2 fully saturated rings. The van der Waals surface area contributed by atoms with Crippen LogP contribution in [0.25, 0.3) is 0 Å². The van der Waals surface area contributed by atoms with Crippen LogP contribution in [0.3, 0.4) is 0 Å². The number of rotatable bonds is 4. The number of hydrogen-bond acceptors (Lipinski definition) is 4. The molecule has 6 nitrogen and oxygen atoms in total. The lowest BCUT2D eigenvalue weighted by atomic mass is 9.85. The number of nitrogens with zero attached hydrogens (tertiary/aromatic N) is 1. The normalized spacial score (nSPS) is 22.3. The summed E-state index contributed by atoms with van der Waals surface area (Å²) in [6, 6.07) is 4.82. The van der Waals surface area contributed by atoms with E-state index in [0.29, 0.717) is 29.5 Å². The van der Waals surface area contributed by atoms with Gasteiger partial charge in [-0.2, -0.15) is 0 Å². The molecule has 1 saturated carbocycles. The molecule has 1 aromatic carbocycles. The molecule has 1 N–H and O–H groups in total. The summed E-state index contributed by atoms with van der Waals surface area (Å²) in [5, 5.41) is 3.03. The van der Waals surface area contributed by atoms with Crippen molar-refractivity contribution in [2.24, 2.45) is 5.92 Å². The maximum absolute atomic E-state index is 12.8. The lowest BCUT2D eigenvalue weighted by Gasteiger charge is -2.28. The van der Waals surface area contributed by atoms with E-state index >= 15 is 0 Å². The first-order valence-electron chi connectivity index (χ1n) is 8.71. The van der Waals surface area contributed by atoms with Crippen molar-refractivity contribution in [1.82, 2.24) is 10.2 Å². The van der Waals surface area contributed by atoms with Gasteiger partial charge in [-0.3, -0.25) is 9.59 Å². The smallest absolute Gasteiger partial charge is 0.254 e. The van der Waals surface area contributed by atoms with E-state index in [9.17, 15) is 9.59 Å². The largest absolute Gasteiger partial charge is 0.454 e. The van der Waals surface area contributed by atoms with Gasteiger partial charge in [0.2, 0.25) is 12.7 Å². The van der Waals surface area contributed by atoms with Gasteiger partial charge in [-0.25, -0.2) is 0 Å². The fourth-order valence-corrected chi connectivity index (χ4v) is 3.54. The molecule has 0 radical (unpaired) electrons. The van der Waals surface area contributed by atoms with Crippen LogP contribution in [0.2, 0.25) is 0 Å². The van der Waals surface area contributed by atoms with E-state index in [4.69, 9.17) is 9.47 Å². The number of likely N-dealkylation sites (tertiary alicyclic amines) is 1. The van der Waals surface area contributed by atoms with Crippen molar-refractivity contribution in [2.45, 2.75) is 38.1 Å². The predicted octanol–water partition coefficient (Wildman–Crippen LogP) is 1.94. The SMILES string of the molecule is O=C(NCC1CCC1)[C@@H]1CCCN1C(=O)c1ccc2c(c1)OCO2. The highest BCUT2D eigenvalue weighted by Gasteiger charge is 2.35. The second-order valence-electron chi connectivity index (χ2n) is 6.77. The number of fused-ring (bicyclic) bond motifs is 1. The van der Waals surface area contributed by atoms with E-state index in [1.54, 1.807) is 23.1 Å². The van der Waals surface area contributed by atoms with Gasteiger partial charge in [0.1, 0.15) is 6.04 Å². The van der Waals surface area contributed by atoms with Crippen molar-refractivity contribution in [3.8, 4) is 11.5 Å². The average molecular weight is 330 g/mol. The van der Waals surface area contributed by atoms with Gasteiger partial charge >= 0.3 is 0 Å². The molecule has 2 aliphatic heterocycles. The second-order valence-corrected chi connectivity index (χ2v) is 6.77. The zero-order valence-corrected chi connectivity index (χ0v) is 13.6. The van der Waals surface area contributed by atoms with Crippen molar-refractivity contribution < 1.29 is 19.1 Å². The number of amides is 2. The fourth-order valence-electron chi connectivity index (χ4n) is 3.54. The minimum atomic E-state index is -0.358. The van der Waals surface area contributed by atoms with E-state index in [0.717, 1.165) is 19.4 Å². The summed E-state index contributed by atoms with van der Waals surface area (Å²) < 4.78 is 10.6. The Morgan fingerprint density at radius 2 is 1.96 bits per heavy atom. The summed E-state index contributed by atoms with van der Waals surface area (Å²) in [4.78, 5) is 27.0. The van der Waals surface area contributed by atoms with Gasteiger partial charge in [0, 0.05) is 18.7 Å². The number of carbonyl (C=O) groups is 2. The Morgan fingerprint density at radius 1 is 1.12 bits per heavy atom. The molecular weight excluding hydrogens is 308 g/mol. The molecular formula is C18H22N2O4. The van der Waals surface area contributed by atoms with Crippen LogP contribution in [-0.2, 0) is 4.79 Å². The summed E-state index contributed by atoms with van der Waals surface area (Å²) >= 11 is 0. The highest BCUT2D eigenvalue weighted by atomic mass is 16.7. The standard InChI is InChI=1S/C18H22N2O4/c21-17(19-10-12-3-1-4-12)14-5-2-8-20(14)18(22)13-6-7-15-16(9-13)24-11-23-15/h6-7,9,12,14H,1-5,8,10-11H2,(H,19,21)/t14-/m0/s1. The number of nitrogens with one attached hydrogen (secondary N) is 1. The first kappa shape index (κ1) is 15.3. The van der Waals surface area contributed by atoms with Gasteiger partial charge in [0.05, 0.1) is 0 Å². The molecule has 128 valence electrons. The molecule has 2 amide bonds. The molecule has 1 atom stereocenters. The van der Waals surface area contributed by atoms with Crippen LogP contribution in [0.4, 0.5) is 0 Å². The summed E-state index contributed by atoms with van der Waals surface area (Å²) in [5.41, 5.74) is 0.540.